The van der Waals surface area contributed by atoms with Crippen LogP contribution in [0.2, 0.25) is 0 Å². The highest BCUT2D eigenvalue weighted by molar-refractivity contribution is 5.96. The molecule has 0 aliphatic carbocycles. The highest BCUT2D eigenvalue weighted by atomic mass is 16.2. The molecule has 0 spiro atoms. The molecule has 7 heteroatoms. The summed E-state index contributed by atoms with van der Waals surface area (Å²) in [4.78, 5) is 35.7. The Labute approximate surface area is 171 Å². The van der Waals surface area contributed by atoms with Gasteiger partial charge in [-0.3, -0.25) is 14.4 Å². The van der Waals surface area contributed by atoms with Crippen LogP contribution in [0.3, 0.4) is 0 Å². The lowest BCUT2D eigenvalue weighted by atomic mass is 10.2. The van der Waals surface area contributed by atoms with Crippen LogP contribution in [-0.2, 0) is 14.4 Å². The van der Waals surface area contributed by atoms with Crippen LogP contribution in [-0.4, -0.2) is 24.3 Å². The summed E-state index contributed by atoms with van der Waals surface area (Å²) in [5.41, 5.74) is 2.71. The van der Waals surface area contributed by atoms with Crippen LogP contribution in [0.1, 0.15) is 27.7 Å². The van der Waals surface area contributed by atoms with Crippen LogP contribution >= 0.6 is 0 Å². The van der Waals surface area contributed by atoms with E-state index >= 15 is 0 Å². The number of rotatable bonds is 8. The van der Waals surface area contributed by atoms with Gasteiger partial charge in [-0.05, 0) is 42.5 Å². The first-order valence-electron chi connectivity index (χ1n) is 9.60. The third-order valence-corrected chi connectivity index (χ3v) is 4.07. The van der Waals surface area contributed by atoms with Crippen LogP contribution in [0.5, 0.6) is 0 Å². The zero-order chi connectivity index (χ0) is 21.4. The number of nitrogens with one attached hydrogen (secondary N) is 4. The molecule has 154 valence electrons. The van der Waals surface area contributed by atoms with E-state index in [1.54, 1.807) is 48.5 Å². The molecule has 2 aromatic carbocycles. The average Bonchev–Trinajstić information content (AvgIpc) is 2.67. The molecule has 0 bridgehead atoms. The lowest BCUT2D eigenvalue weighted by Gasteiger charge is -2.11. The van der Waals surface area contributed by atoms with Crippen LogP contribution in [0.4, 0.5) is 22.7 Å². The number of amides is 3. The first-order chi connectivity index (χ1) is 13.7. The number of anilines is 4. The van der Waals surface area contributed by atoms with Gasteiger partial charge < -0.3 is 21.3 Å². The largest absolute Gasteiger partial charge is 0.376 e. The van der Waals surface area contributed by atoms with Gasteiger partial charge in [-0.1, -0.05) is 33.8 Å². The molecule has 0 saturated heterocycles. The summed E-state index contributed by atoms with van der Waals surface area (Å²) in [6, 6.07) is 14.2. The molecule has 29 heavy (non-hydrogen) atoms. The predicted octanol–water partition coefficient (Wildman–Crippen LogP) is 3.93. The molecule has 0 unspecified atom stereocenters. The van der Waals surface area contributed by atoms with E-state index in [1.165, 1.54) is 0 Å². The first-order valence-corrected chi connectivity index (χ1v) is 9.60. The molecule has 0 radical (unpaired) electrons. The standard InChI is InChI=1S/C22H28N4O3/c1-14(2)21(28)25-17-10-8-16(9-11-17)23-13-20(27)24-18-6-5-7-19(12-18)26-22(29)15(3)4/h5-12,14-15,23H,13H2,1-4H3,(H,24,27)(H,25,28)(H,26,29). The van der Waals surface area contributed by atoms with Crippen molar-refractivity contribution >= 4 is 40.5 Å². The van der Waals surface area contributed by atoms with Crippen LogP contribution in [0.15, 0.2) is 48.5 Å². The van der Waals surface area contributed by atoms with Gasteiger partial charge in [0.05, 0.1) is 6.54 Å². The Hall–Kier alpha value is -3.35. The number of hydrogen-bond acceptors (Lipinski definition) is 4. The minimum Gasteiger partial charge on any atom is -0.376 e. The van der Waals surface area contributed by atoms with Crippen molar-refractivity contribution in [2.24, 2.45) is 11.8 Å². The van der Waals surface area contributed by atoms with Gasteiger partial charge in [0.2, 0.25) is 17.7 Å². The summed E-state index contributed by atoms with van der Waals surface area (Å²) in [5, 5.41) is 11.4. The molecule has 2 rings (SSSR count). The Balaban J connectivity index is 1.85. The van der Waals surface area contributed by atoms with Gasteiger partial charge in [0, 0.05) is 34.6 Å². The zero-order valence-electron chi connectivity index (χ0n) is 17.2. The maximum atomic E-state index is 12.2. The van der Waals surface area contributed by atoms with Gasteiger partial charge in [0.15, 0.2) is 0 Å². The van der Waals surface area contributed by atoms with Crippen molar-refractivity contribution < 1.29 is 14.4 Å². The second kappa shape index (κ2) is 10.3. The summed E-state index contributed by atoms with van der Waals surface area (Å²) in [6.07, 6.45) is 0. The number of carbonyl (C=O) groups is 3. The molecule has 2 aromatic rings. The topological polar surface area (TPSA) is 99.3 Å². The second-order valence-electron chi connectivity index (χ2n) is 7.35. The van der Waals surface area contributed by atoms with Gasteiger partial charge in [-0.2, -0.15) is 0 Å². The molecule has 7 nitrogen and oxygen atoms in total. The van der Waals surface area contributed by atoms with Crippen LogP contribution in [0, 0.1) is 11.8 Å². The molecule has 0 fully saturated rings. The Kier molecular flexibility index (Phi) is 7.77. The monoisotopic (exact) mass is 396 g/mol. The Bertz CT molecular complexity index is 861. The molecule has 0 atom stereocenters. The lowest BCUT2D eigenvalue weighted by molar-refractivity contribution is -0.119. The fraction of sp³-hybridized carbons (Fsp3) is 0.318. The summed E-state index contributed by atoms with van der Waals surface area (Å²) >= 11 is 0. The van der Waals surface area contributed by atoms with E-state index in [4.69, 9.17) is 0 Å². The molecule has 0 aliphatic heterocycles. The smallest absolute Gasteiger partial charge is 0.243 e. The molecule has 0 aromatic heterocycles. The van der Waals surface area contributed by atoms with E-state index in [9.17, 15) is 14.4 Å². The molecule has 4 N–H and O–H groups in total. The van der Waals surface area contributed by atoms with E-state index in [0.717, 1.165) is 5.69 Å². The Morgan fingerprint density at radius 1 is 0.690 bits per heavy atom. The van der Waals surface area contributed by atoms with Crippen molar-refractivity contribution in [1.82, 2.24) is 0 Å². The average molecular weight is 396 g/mol. The van der Waals surface area contributed by atoms with Gasteiger partial charge in [0.25, 0.3) is 0 Å². The molecular formula is C22H28N4O3. The van der Waals surface area contributed by atoms with Crippen molar-refractivity contribution in [3.63, 3.8) is 0 Å². The van der Waals surface area contributed by atoms with E-state index in [0.29, 0.717) is 17.1 Å². The fourth-order valence-corrected chi connectivity index (χ4v) is 2.31. The highest BCUT2D eigenvalue weighted by Gasteiger charge is 2.09. The van der Waals surface area contributed by atoms with E-state index in [2.05, 4.69) is 21.3 Å². The van der Waals surface area contributed by atoms with E-state index in [1.807, 2.05) is 27.7 Å². The van der Waals surface area contributed by atoms with Crippen molar-refractivity contribution in [2.45, 2.75) is 27.7 Å². The van der Waals surface area contributed by atoms with Gasteiger partial charge in [-0.25, -0.2) is 0 Å². The fourth-order valence-electron chi connectivity index (χ4n) is 2.31. The van der Waals surface area contributed by atoms with Gasteiger partial charge in [0.1, 0.15) is 0 Å². The first kappa shape index (κ1) is 21.9. The maximum absolute atomic E-state index is 12.2. The van der Waals surface area contributed by atoms with Crippen LogP contribution in [0.25, 0.3) is 0 Å². The quantitative estimate of drug-likeness (QED) is 0.543. The van der Waals surface area contributed by atoms with Crippen molar-refractivity contribution in [3.8, 4) is 0 Å². The van der Waals surface area contributed by atoms with Crippen molar-refractivity contribution in [3.05, 3.63) is 48.5 Å². The highest BCUT2D eigenvalue weighted by Crippen LogP contribution is 2.17. The predicted molar refractivity (Wildman–Crippen MR) is 117 cm³/mol. The molecule has 0 aliphatic rings. The normalized spacial score (nSPS) is 10.6. The summed E-state index contributed by atoms with van der Waals surface area (Å²) in [6.45, 7) is 7.38. The number of hydrogen-bond donors (Lipinski definition) is 4. The number of benzene rings is 2. The lowest BCUT2D eigenvalue weighted by Crippen LogP contribution is -2.22. The summed E-state index contributed by atoms with van der Waals surface area (Å²) in [5.74, 6) is -0.550. The van der Waals surface area contributed by atoms with Gasteiger partial charge in [-0.15, -0.1) is 0 Å². The molecular weight excluding hydrogens is 368 g/mol. The molecule has 3 amide bonds. The van der Waals surface area contributed by atoms with E-state index in [-0.39, 0.29) is 36.1 Å². The minimum absolute atomic E-state index is 0.0445. The minimum atomic E-state index is -0.213. The number of carbonyl (C=O) groups excluding carboxylic acids is 3. The van der Waals surface area contributed by atoms with Crippen LogP contribution < -0.4 is 21.3 Å². The third-order valence-electron chi connectivity index (χ3n) is 4.07. The van der Waals surface area contributed by atoms with Crippen molar-refractivity contribution in [1.29, 1.82) is 0 Å². The summed E-state index contributed by atoms with van der Waals surface area (Å²) < 4.78 is 0. The SMILES string of the molecule is CC(C)C(=O)Nc1ccc(NCC(=O)Nc2cccc(NC(=O)C(C)C)c2)cc1. The Morgan fingerprint density at radius 3 is 1.72 bits per heavy atom. The molecule has 0 saturated carbocycles. The van der Waals surface area contributed by atoms with Gasteiger partial charge >= 0.3 is 0 Å². The second-order valence-corrected chi connectivity index (χ2v) is 7.35. The van der Waals surface area contributed by atoms with E-state index < -0.39 is 0 Å². The van der Waals surface area contributed by atoms with Crippen molar-refractivity contribution in [2.75, 3.05) is 27.8 Å². The zero-order valence-corrected chi connectivity index (χ0v) is 17.2. The summed E-state index contributed by atoms with van der Waals surface area (Å²) in [7, 11) is 0. The Morgan fingerprint density at radius 2 is 1.17 bits per heavy atom. The third kappa shape index (κ3) is 7.29. The maximum Gasteiger partial charge on any atom is 0.243 e. The molecule has 0 heterocycles.